The second-order valence-corrected chi connectivity index (χ2v) is 6.88. The minimum absolute atomic E-state index is 0.212. The third-order valence-electron chi connectivity index (χ3n) is 4.89. The molecule has 118 valence electrons. The van der Waals surface area contributed by atoms with E-state index in [1.165, 1.54) is 5.56 Å². The van der Waals surface area contributed by atoms with Gasteiger partial charge in [-0.05, 0) is 42.2 Å². The maximum absolute atomic E-state index is 6.46. The molecule has 0 bridgehead atoms. The first-order chi connectivity index (χ1) is 11.2. The molecule has 0 saturated carbocycles. The van der Waals surface area contributed by atoms with Crippen LogP contribution in [-0.2, 0) is 0 Å². The lowest BCUT2D eigenvalue weighted by atomic mass is 9.77. The van der Waals surface area contributed by atoms with Crippen molar-refractivity contribution >= 4 is 28.9 Å². The molecule has 23 heavy (non-hydrogen) atoms. The van der Waals surface area contributed by atoms with Gasteiger partial charge in [-0.1, -0.05) is 47.5 Å². The molecule has 0 aromatic heterocycles. The molecule has 1 N–H and O–H groups in total. The highest BCUT2D eigenvalue weighted by Crippen LogP contribution is 2.53. The van der Waals surface area contributed by atoms with E-state index in [2.05, 4.69) is 29.6 Å². The van der Waals surface area contributed by atoms with E-state index in [0.29, 0.717) is 11.8 Å². The molecule has 3 unspecified atom stereocenters. The summed E-state index contributed by atoms with van der Waals surface area (Å²) in [6.45, 7) is 0. The van der Waals surface area contributed by atoms with Gasteiger partial charge in [0.25, 0.3) is 0 Å². The first-order valence-corrected chi connectivity index (χ1v) is 8.49. The Labute approximate surface area is 146 Å². The molecular formula is C19H17Cl2NO. The highest BCUT2D eigenvalue weighted by atomic mass is 35.5. The van der Waals surface area contributed by atoms with Crippen molar-refractivity contribution in [3.05, 3.63) is 69.7 Å². The van der Waals surface area contributed by atoms with Crippen LogP contribution >= 0.6 is 23.2 Å². The van der Waals surface area contributed by atoms with Crippen LogP contribution in [0, 0.1) is 5.92 Å². The maximum Gasteiger partial charge on any atom is 0.118 e. The van der Waals surface area contributed by atoms with E-state index in [1.54, 1.807) is 7.11 Å². The summed E-state index contributed by atoms with van der Waals surface area (Å²) >= 11 is 12.9. The molecule has 0 amide bonds. The predicted molar refractivity (Wildman–Crippen MR) is 95.8 cm³/mol. The monoisotopic (exact) mass is 345 g/mol. The molecule has 1 aliphatic heterocycles. The molecule has 4 heteroatoms. The number of hydrogen-bond donors (Lipinski definition) is 1. The summed E-state index contributed by atoms with van der Waals surface area (Å²) in [5.74, 6) is 1.63. The average molecular weight is 346 g/mol. The van der Waals surface area contributed by atoms with E-state index in [4.69, 9.17) is 27.9 Å². The third kappa shape index (κ3) is 2.41. The summed E-state index contributed by atoms with van der Waals surface area (Å²) in [5, 5.41) is 5.14. The average Bonchev–Trinajstić information content (AvgIpc) is 3.07. The van der Waals surface area contributed by atoms with Gasteiger partial charge in [-0.3, -0.25) is 0 Å². The molecule has 0 radical (unpaired) electrons. The van der Waals surface area contributed by atoms with Crippen LogP contribution in [0.3, 0.4) is 0 Å². The van der Waals surface area contributed by atoms with Crippen LogP contribution in [-0.4, -0.2) is 7.11 Å². The van der Waals surface area contributed by atoms with Gasteiger partial charge in [0, 0.05) is 16.5 Å². The number of allylic oxidation sites excluding steroid dienone is 2. The Morgan fingerprint density at radius 2 is 1.78 bits per heavy atom. The lowest BCUT2D eigenvalue weighted by molar-refractivity contribution is 0.411. The molecule has 2 aliphatic rings. The van der Waals surface area contributed by atoms with Crippen LogP contribution in [0.25, 0.3) is 0 Å². The number of methoxy groups -OCH3 is 1. The number of anilines is 1. The minimum Gasteiger partial charge on any atom is -0.497 e. The van der Waals surface area contributed by atoms with Crippen LogP contribution in [0.15, 0.2) is 48.6 Å². The van der Waals surface area contributed by atoms with Crippen molar-refractivity contribution in [2.24, 2.45) is 5.92 Å². The summed E-state index contributed by atoms with van der Waals surface area (Å²) in [7, 11) is 1.68. The van der Waals surface area contributed by atoms with Gasteiger partial charge in [0.2, 0.25) is 0 Å². The highest BCUT2D eigenvalue weighted by Gasteiger charge is 2.39. The Hall–Kier alpha value is -1.64. The Bertz CT molecular complexity index is 770. The number of hydrogen-bond acceptors (Lipinski definition) is 2. The van der Waals surface area contributed by atoms with Crippen LogP contribution < -0.4 is 10.1 Å². The van der Waals surface area contributed by atoms with Gasteiger partial charge in [-0.2, -0.15) is 0 Å². The fourth-order valence-electron chi connectivity index (χ4n) is 3.77. The van der Waals surface area contributed by atoms with Gasteiger partial charge in [-0.15, -0.1) is 0 Å². The van der Waals surface area contributed by atoms with Gasteiger partial charge in [0.05, 0.1) is 23.9 Å². The molecular weight excluding hydrogens is 329 g/mol. The lowest BCUT2D eigenvalue weighted by Gasteiger charge is -2.38. The molecule has 3 atom stereocenters. The third-order valence-corrected chi connectivity index (χ3v) is 5.54. The first-order valence-electron chi connectivity index (χ1n) is 7.74. The van der Waals surface area contributed by atoms with Crippen molar-refractivity contribution in [3.8, 4) is 5.75 Å². The van der Waals surface area contributed by atoms with E-state index >= 15 is 0 Å². The molecule has 4 rings (SSSR count). The van der Waals surface area contributed by atoms with Crippen LogP contribution in [0.1, 0.15) is 29.5 Å². The number of fused-ring (bicyclic) bond motifs is 3. The zero-order valence-corrected chi connectivity index (χ0v) is 14.2. The largest absolute Gasteiger partial charge is 0.497 e. The van der Waals surface area contributed by atoms with E-state index in [-0.39, 0.29) is 6.04 Å². The maximum atomic E-state index is 6.46. The summed E-state index contributed by atoms with van der Waals surface area (Å²) in [6.07, 6.45) is 5.56. The molecule has 2 nitrogen and oxygen atoms in total. The van der Waals surface area contributed by atoms with Gasteiger partial charge in [0.15, 0.2) is 0 Å². The summed E-state index contributed by atoms with van der Waals surface area (Å²) < 4.78 is 5.26. The van der Waals surface area contributed by atoms with Gasteiger partial charge in [0.1, 0.15) is 5.75 Å². The summed E-state index contributed by atoms with van der Waals surface area (Å²) in [6, 6.07) is 12.2. The van der Waals surface area contributed by atoms with Crippen molar-refractivity contribution < 1.29 is 4.74 Å². The van der Waals surface area contributed by atoms with Crippen LogP contribution in [0.2, 0.25) is 10.0 Å². The molecule has 2 aromatic carbocycles. The SMILES string of the molecule is COc1ccc(C2Nc3c(Cl)ccc(Cl)c3C3C=CCC32)cc1. The second-order valence-electron chi connectivity index (χ2n) is 6.07. The second kappa shape index (κ2) is 5.77. The highest BCUT2D eigenvalue weighted by molar-refractivity contribution is 6.36. The Balaban J connectivity index is 1.79. The summed E-state index contributed by atoms with van der Waals surface area (Å²) in [4.78, 5) is 0. The van der Waals surface area contributed by atoms with Crippen molar-refractivity contribution in [1.29, 1.82) is 0 Å². The Kier molecular flexibility index (Phi) is 3.74. The zero-order valence-electron chi connectivity index (χ0n) is 12.7. The fourth-order valence-corrected chi connectivity index (χ4v) is 4.27. The van der Waals surface area contributed by atoms with E-state index in [1.807, 2.05) is 24.3 Å². The smallest absolute Gasteiger partial charge is 0.118 e. The van der Waals surface area contributed by atoms with Gasteiger partial charge < -0.3 is 10.1 Å². The van der Waals surface area contributed by atoms with Crippen molar-refractivity contribution in [1.82, 2.24) is 0 Å². The fraction of sp³-hybridized carbons (Fsp3) is 0.263. The van der Waals surface area contributed by atoms with Gasteiger partial charge >= 0.3 is 0 Å². The van der Waals surface area contributed by atoms with E-state index < -0.39 is 0 Å². The van der Waals surface area contributed by atoms with Gasteiger partial charge in [-0.25, -0.2) is 0 Å². The Morgan fingerprint density at radius 1 is 1.04 bits per heavy atom. The van der Waals surface area contributed by atoms with Crippen molar-refractivity contribution in [2.75, 3.05) is 12.4 Å². The number of halogens is 2. The normalized spacial score (nSPS) is 24.7. The topological polar surface area (TPSA) is 21.3 Å². The number of rotatable bonds is 2. The number of ether oxygens (including phenoxy) is 1. The molecule has 0 fully saturated rings. The lowest BCUT2D eigenvalue weighted by Crippen LogP contribution is -2.29. The molecule has 0 saturated heterocycles. The summed E-state index contributed by atoms with van der Waals surface area (Å²) in [5.41, 5.74) is 3.33. The minimum atomic E-state index is 0.212. The molecule has 2 aromatic rings. The van der Waals surface area contributed by atoms with Crippen molar-refractivity contribution in [3.63, 3.8) is 0 Å². The molecule has 0 spiro atoms. The first kappa shape index (κ1) is 14.9. The van der Waals surface area contributed by atoms with Crippen molar-refractivity contribution in [2.45, 2.75) is 18.4 Å². The molecule has 1 aliphatic carbocycles. The van der Waals surface area contributed by atoms with Crippen LogP contribution in [0.4, 0.5) is 5.69 Å². The van der Waals surface area contributed by atoms with E-state index in [9.17, 15) is 0 Å². The quantitative estimate of drug-likeness (QED) is 0.691. The number of benzene rings is 2. The standard InChI is InChI=1S/C19H17Cl2NO/c1-23-12-7-5-11(6-8-12)18-14-4-2-3-13(14)17-15(20)9-10-16(21)19(17)22-18/h2-3,5-10,13-14,18,22H,4H2,1H3. The number of nitrogens with one attached hydrogen (secondary N) is 1. The molecule has 1 heterocycles. The van der Waals surface area contributed by atoms with E-state index in [0.717, 1.165) is 33.5 Å². The zero-order chi connectivity index (χ0) is 16.0. The predicted octanol–water partition coefficient (Wildman–Crippen LogP) is 5.83. The Morgan fingerprint density at radius 3 is 2.52 bits per heavy atom. The van der Waals surface area contributed by atoms with Crippen LogP contribution in [0.5, 0.6) is 5.75 Å².